The lowest BCUT2D eigenvalue weighted by atomic mass is 10.0. The quantitative estimate of drug-likeness (QED) is 0.0876. The maximum atomic E-state index is 14.0. The molecule has 6 N–H and O–H groups in total. The van der Waals surface area contributed by atoms with Crippen LogP contribution in [0.25, 0.3) is 0 Å². The third-order valence-corrected chi connectivity index (χ3v) is 9.51. The molecule has 0 spiro atoms. The average Bonchev–Trinajstić information content (AvgIpc) is 3.23. The van der Waals surface area contributed by atoms with E-state index in [9.17, 15) is 39.0 Å². The van der Waals surface area contributed by atoms with Crippen molar-refractivity contribution in [3.05, 3.63) is 95.6 Å². The maximum absolute atomic E-state index is 14.0. The van der Waals surface area contributed by atoms with Crippen LogP contribution in [0, 0.1) is 5.92 Å². The molecule has 1 aliphatic heterocycles. The summed E-state index contributed by atoms with van der Waals surface area (Å²) in [4.78, 5) is 77.8. The number of hydrogen-bond acceptors (Lipinski definition) is 11. The molecule has 4 rings (SSSR count). The molecule has 0 aliphatic carbocycles. The highest BCUT2D eigenvalue weighted by Gasteiger charge is 2.31. The van der Waals surface area contributed by atoms with Crippen LogP contribution in [0.15, 0.2) is 73.3 Å². The van der Waals surface area contributed by atoms with Crippen LogP contribution in [0.2, 0.25) is 0 Å². The zero-order chi connectivity index (χ0) is 43.8. The van der Waals surface area contributed by atoms with E-state index in [1.165, 1.54) is 32.2 Å². The molecule has 1 heterocycles. The van der Waals surface area contributed by atoms with Crippen LogP contribution in [0.3, 0.4) is 0 Å². The number of carbonyl (C=O) groups excluding carboxylic acids is 5. The molecule has 322 valence electrons. The van der Waals surface area contributed by atoms with Gasteiger partial charge in [0.2, 0.25) is 11.8 Å². The molecule has 0 bridgehead atoms. The summed E-state index contributed by atoms with van der Waals surface area (Å²) in [7, 11) is 1.41. The first kappa shape index (κ1) is 46.1. The summed E-state index contributed by atoms with van der Waals surface area (Å²) >= 11 is 0. The summed E-state index contributed by atoms with van der Waals surface area (Å²) in [5.74, 6) is -2.38. The summed E-state index contributed by atoms with van der Waals surface area (Å²) < 4.78 is 22.1. The Labute approximate surface area is 348 Å². The summed E-state index contributed by atoms with van der Waals surface area (Å²) in [6.45, 7) is 8.46. The van der Waals surface area contributed by atoms with Gasteiger partial charge in [0, 0.05) is 18.3 Å². The number of carbonyl (C=O) groups is 6. The number of hydrogen-bond donors (Lipinski definition) is 6. The smallest absolute Gasteiger partial charge is 0.411 e. The van der Waals surface area contributed by atoms with Gasteiger partial charge in [0.25, 0.3) is 5.91 Å². The van der Waals surface area contributed by atoms with Crippen LogP contribution in [0.1, 0.15) is 67.1 Å². The molecule has 3 aromatic rings. The van der Waals surface area contributed by atoms with Gasteiger partial charge in [-0.3, -0.25) is 24.5 Å². The largest absolute Gasteiger partial charge is 0.493 e. The van der Waals surface area contributed by atoms with Crippen LogP contribution < -0.4 is 30.7 Å². The number of nitrogens with zero attached hydrogens (tertiary/aromatic N) is 1. The Hall–Kier alpha value is -6.62. The predicted octanol–water partition coefficient (Wildman–Crippen LogP) is 5.02. The second kappa shape index (κ2) is 22.5. The number of aliphatic carboxylic acids is 1. The number of anilines is 2. The van der Waals surface area contributed by atoms with Crippen molar-refractivity contribution in [3.63, 3.8) is 0 Å². The molecule has 60 heavy (non-hydrogen) atoms. The minimum Gasteiger partial charge on any atom is -0.493 e. The number of rotatable bonds is 19. The first-order valence-corrected chi connectivity index (χ1v) is 19.5. The fourth-order valence-corrected chi connectivity index (χ4v) is 6.33. The van der Waals surface area contributed by atoms with Gasteiger partial charge in [-0.25, -0.2) is 9.59 Å². The van der Waals surface area contributed by atoms with Crippen LogP contribution in [-0.2, 0) is 43.5 Å². The number of benzene rings is 3. The third kappa shape index (κ3) is 13.5. The number of carboxylic acid groups (broad SMARTS) is 1. The second-order valence-electron chi connectivity index (χ2n) is 14.4. The molecule has 0 aromatic heterocycles. The van der Waals surface area contributed by atoms with Crippen molar-refractivity contribution in [2.45, 2.75) is 77.8 Å². The lowest BCUT2D eigenvalue weighted by Crippen LogP contribution is -2.53. The van der Waals surface area contributed by atoms with Gasteiger partial charge in [0.1, 0.15) is 31.9 Å². The first-order chi connectivity index (χ1) is 28.7. The average molecular weight is 832 g/mol. The Balaban J connectivity index is 1.43. The molecule has 17 heteroatoms. The molecule has 3 atom stereocenters. The van der Waals surface area contributed by atoms with E-state index in [1.54, 1.807) is 67.3 Å². The molecular formula is C43H53N5O12. The minimum atomic E-state index is -0.970. The lowest BCUT2D eigenvalue weighted by Gasteiger charge is -2.35. The number of likely N-dealkylation sites (tertiary alicyclic amines) is 1. The number of ether oxygens (including phenoxy) is 4. The lowest BCUT2D eigenvalue weighted by molar-refractivity contribution is -0.136. The number of amides is 5. The SMILES string of the molecule is C=CCOC(=O)NC(C(=O)NC(C)C(=O)Nc1ccc(COC(=O)Nc2cc(OCc3cccc(CC(=O)O)c3)c(OC)cc2C(=O)N2CCCC[C@H]2CO)cc1)C(C)C. The standard InChI is InChI=1S/C43H53N5O12/c1-6-18-58-43(56)47-38(26(2)3)40(53)44-27(4)39(52)45-31-15-13-28(14-16-31)24-60-42(55)46-34-22-36(59-25-30-11-9-10-29(19-30)20-37(50)51)35(57-5)21-33(34)41(54)48-17-8-7-12-32(48)23-49/h6,9-11,13-16,19,21-22,26-27,32,38,49H,1,7-8,12,17-18,20,23-25H2,2-5H3,(H,44,53)(H,45,52)(H,46,55)(H,47,56)(H,50,51)/t27?,32-,38?/m0/s1. The molecule has 17 nitrogen and oxygen atoms in total. The number of methoxy groups -OCH3 is 1. The molecule has 1 fully saturated rings. The van der Waals surface area contributed by atoms with Crippen molar-refractivity contribution in [3.8, 4) is 11.5 Å². The van der Waals surface area contributed by atoms with Crippen molar-refractivity contribution in [1.29, 1.82) is 0 Å². The fourth-order valence-electron chi connectivity index (χ4n) is 6.33. The predicted molar refractivity (Wildman–Crippen MR) is 221 cm³/mol. The number of piperidine rings is 1. The van der Waals surface area contributed by atoms with Crippen molar-refractivity contribution >= 4 is 47.3 Å². The second-order valence-corrected chi connectivity index (χ2v) is 14.4. The first-order valence-electron chi connectivity index (χ1n) is 19.5. The highest BCUT2D eigenvalue weighted by Crippen LogP contribution is 2.36. The topological polar surface area (TPSA) is 231 Å². The van der Waals surface area contributed by atoms with E-state index in [1.807, 2.05) is 0 Å². The van der Waals surface area contributed by atoms with Gasteiger partial charge in [-0.05, 0) is 67.0 Å². The summed E-state index contributed by atoms with van der Waals surface area (Å²) in [6.07, 6.45) is 1.79. The maximum Gasteiger partial charge on any atom is 0.411 e. The van der Waals surface area contributed by atoms with Gasteiger partial charge >= 0.3 is 18.2 Å². The summed E-state index contributed by atoms with van der Waals surface area (Å²) in [5, 5.41) is 29.7. The minimum absolute atomic E-state index is 0.0223. The highest BCUT2D eigenvalue weighted by molar-refractivity contribution is 6.04. The van der Waals surface area contributed by atoms with Crippen molar-refractivity contribution in [2.75, 3.05) is 37.5 Å². The molecule has 1 aliphatic rings. The van der Waals surface area contributed by atoms with Gasteiger partial charge in [-0.15, -0.1) is 0 Å². The Morgan fingerprint density at radius 2 is 1.58 bits per heavy atom. The van der Waals surface area contributed by atoms with Crippen LogP contribution >= 0.6 is 0 Å². The molecular weight excluding hydrogens is 778 g/mol. The Bertz CT molecular complexity index is 2000. The molecule has 3 aromatic carbocycles. The van der Waals surface area contributed by atoms with E-state index in [2.05, 4.69) is 27.8 Å². The number of nitrogens with one attached hydrogen (secondary N) is 4. The Kier molecular flexibility index (Phi) is 17.3. The molecule has 0 radical (unpaired) electrons. The van der Waals surface area contributed by atoms with E-state index < -0.39 is 54.0 Å². The molecule has 0 saturated carbocycles. The van der Waals surface area contributed by atoms with E-state index in [-0.39, 0.29) is 61.5 Å². The molecule has 5 amide bonds. The zero-order valence-electron chi connectivity index (χ0n) is 34.2. The number of aliphatic hydroxyl groups excluding tert-OH is 1. The van der Waals surface area contributed by atoms with Gasteiger partial charge < -0.3 is 50.0 Å². The van der Waals surface area contributed by atoms with E-state index in [4.69, 9.17) is 18.9 Å². The molecule has 1 saturated heterocycles. The molecule has 2 unspecified atom stereocenters. The number of alkyl carbamates (subject to hydrolysis) is 1. The van der Waals surface area contributed by atoms with Gasteiger partial charge in [-0.2, -0.15) is 0 Å². The third-order valence-electron chi connectivity index (χ3n) is 9.51. The summed E-state index contributed by atoms with van der Waals surface area (Å²) in [5.41, 5.74) is 2.41. The van der Waals surface area contributed by atoms with Crippen LogP contribution in [-0.4, -0.2) is 96.0 Å². The Morgan fingerprint density at radius 1 is 0.850 bits per heavy atom. The Morgan fingerprint density at radius 3 is 2.25 bits per heavy atom. The van der Waals surface area contributed by atoms with Crippen LogP contribution in [0.4, 0.5) is 21.0 Å². The van der Waals surface area contributed by atoms with Crippen molar-refractivity contribution < 1.29 is 57.9 Å². The van der Waals surface area contributed by atoms with E-state index >= 15 is 0 Å². The highest BCUT2D eigenvalue weighted by atomic mass is 16.6. The van der Waals surface area contributed by atoms with Gasteiger partial charge in [0.05, 0.1) is 37.4 Å². The number of aliphatic hydroxyl groups is 1. The van der Waals surface area contributed by atoms with E-state index in [0.29, 0.717) is 35.3 Å². The van der Waals surface area contributed by atoms with Crippen molar-refractivity contribution in [2.24, 2.45) is 5.92 Å². The number of carboxylic acids is 1. The van der Waals surface area contributed by atoms with Gasteiger partial charge in [0.15, 0.2) is 11.5 Å². The van der Waals surface area contributed by atoms with Crippen molar-refractivity contribution in [1.82, 2.24) is 15.5 Å². The summed E-state index contributed by atoms with van der Waals surface area (Å²) in [6, 6.07) is 13.9. The van der Waals surface area contributed by atoms with Gasteiger partial charge in [-0.1, -0.05) is 62.9 Å². The zero-order valence-corrected chi connectivity index (χ0v) is 34.2. The fraction of sp³-hybridized carbons (Fsp3) is 0.395. The monoisotopic (exact) mass is 831 g/mol. The van der Waals surface area contributed by atoms with E-state index in [0.717, 1.165) is 12.8 Å². The normalized spacial score (nSPS) is 14.5. The van der Waals surface area contributed by atoms with Crippen LogP contribution in [0.5, 0.6) is 11.5 Å².